The molecule has 3 heteroatoms. The van der Waals surface area contributed by atoms with Crippen LogP contribution >= 0.6 is 0 Å². The van der Waals surface area contributed by atoms with Crippen molar-refractivity contribution < 1.29 is 4.79 Å². The standard InChI is InChI=1S/C18H34N2O/c1-15(2)17(18(21)19-3)20-16-13-11-9-7-5-4-6-8-10-12-14-16/h4-5,15-17,20H,6-14H2,1-3H3,(H,19,21)/b5-4-/t16?,17-/m0/s1. The Morgan fingerprint density at radius 3 is 2.14 bits per heavy atom. The number of hydrogen-bond acceptors (Lipinski definition) is 2. The van der Waals surface area contributed by atoms with Gasteiger partial charge in [-0.3, -0.25) is 4.79 Å². The molecule has 1 rings (SSSR count). The van der Waals surface area contributed by atoms with E-state index in [4.69, 9.17) is 0 Å². The lowest BCUT2D eigenvalue weighted by Crippen LogP contribution is -2.50. The van der Waals surface area contributed by atoms with Gasteiger partial charge >= 0.3 is 0 Å². The largest absolute Gasteiger partial charge is 0.358 e. The summed E-state index contributed by atoms with van der Waals surface area (Å²) in [6.07, 6.45) is 15.9. The second kappa shape index (κ2) is 10.8. The molecule has 2 atom stereocenters. The lowest BCUT2D eigenvalue weighted by atomic mass is 9.96. The average Bonchev–Trinajstić information content (AvgIpc) is 2.45. The summed E-state index contributed by atoms with van der Waals surface area (Å²) in [6, 6.07) is 0.422. The lowest BCUT2D eigenvalue weighted by Gasteiger charge is -2.27. The van der Waals surface area contributed by atoms with Crippen molar-refractivity contribution in [2.75, 3.05) is 7.05 Å². The molecule has 0 heterocycles. The molecule has 1 aliphatic carbocycles. The molecule has 0 fully saturated rings. The fourth-order valence-corrected chi connectivity index (χ4v) is 3.01. The molecule has 1 unspecified atom stereocenters. The molecule has 0 saturated heterocycles. The van der Waals surface area contributed by atoms with Gasteiger partial charge in [0.05, 0.1) is 6.04 Å². The van der Waals surface area contributed by atoms with Crippen molar-refractivity contribution in [3.05, 3.63) is 12.2 Å². The summed E-state index contributed by atoms with van der Waals surface area (Å²) in [5.41, 5.74) is 0. The Labute approximate surface area is 131 Å². The third-order valence-corrected chi connectivity index (χ3v) is 4.37. The van der Waals surface area contributed by atoms with Crippen LogP contribution in [-0.2, 0) is 4.79 Å². The fraction of sp³-hybridized carbons (Fsp3) is 0.833. The van der Waals surface area contributed by atoms with E-state index < -0.39 is 0 Å². The van der Waals surface area contributed by atoms with Gasteiger partial charge in [-0.15, -0.1) is 0 Å². The Morgan fingerprint density at radius 2 is 1.57 bits per heavy atom. The van der Waals surface area contributed by atoms with Gasteiger partial charge in [-0.2, -0.15) is 0 Å². The topological polar surface area (TPSA) is 41.1 Å². The van der Waals surface area contributed by atoms with Crippen molar-refractivity contribution in [1.82, 2.24) is 10.6 Å². The molecule has 2 N–H and O–H groups in total. The van der Waals surface area contributed by atoms with Crippen LogP contribution in [0.4, 0.5) is 0 Å². The Bertz CT molecular complexity index is 312. The van der Waals surface area contributed by atoms with E-state index in [9.17, 15) is 4.79 Å². The minimum absolute atomic E-state index is 0.0622. The molecular formula is C18H34N2O. The second-order valence-electron chi connectivity index (χ2n) is 6.59. The first kappa shape index (κ1) is 18.2. The van der Waals surface area contributed by atoms with Crippen molar-refractivity contribution in [2.24, 2.45) is 5.92 Å². The molecule has 0 aliphatic heterocycles. The van der Waals surface area contributed by atoms with Gasteiger partial charge in [0.25, 0.3) is 0 Å². The van der Waals surface area contributed by atoms with Gasteiger partial charge in [0, 0.05) is 13.1 Å². The average molecular weight is 294 g/mol. The van der Waals surface area contributed by atoms with E-state index in [0.717, 1.165) is 0 Å². The molecule has 0 bridgehead atoms. The molecule has 1 aliphatic rings. The highest BCUT2D eigenvalue weighted by atomic mass is 16.2. The smallest absolute Gasteiger partial charge is 0.237 e. The van der Waals surface area contributed by atoms with Crippen LogP contribution in [0.25, 0.3) is 0 Å². The Morgan fingerprint density at radius 1 is 1.00 bits per heavy atom. The van der Waals surface area contributed by atoms with Crippen molar-refractivity contribution in [1.29, 1.82) is 0 Å². The monoisotopic (exact) mass is 294 g/mol. The maximum atomic E-state index is 12.0. The molecule has 122 valence electrons. The summed E-state index contributed by atoms with van der Waals surface area (Å²) >= 11 is 0. The number of likely N-dealkylation sites (N-methyl/N-ethyl adjacent to an activating group) is 1. The summed E-state index contributed by atoms with van der Waals surface area (Å²) in [5, 5.41) is 6.42. The summed E-state index contributed by atoms with van der Waals surface area (Å²) in [7, 11) is 1.73. The van der Waals surface area contributed by atoms with E-state index in [1.807, 2.05) is 0 Å². The van der Waals surface area contributed by atoms with Gasteiger partial charge in [0.1, 0.15) is 0 Å². The molecule has 0 aromatic rings. The quantitative estimate of drug-likeness (QED) is 0.774. The zero-order valence-corrected chi connectivity index (χ0v) is 14.2. The summed E-state index contributed by atoms with van der Waals surface area (Å²) in [4.78, 5) is 12.0. The fourth-order valence-electron chi connectivity index (χ4n) is 3.01. The van der Waals surface area contributed by atoms with Crippen LogP contribution in [0, 0.1) is 5.92 Å². The van der Waals surface area contributed by atoms with Crippen LogP contribution < -0.4 is 10.6 Å². The summed E-state index contributed by atoms with van der Waals surface area (Å²) < 4.78 is 0. The third-order valence-electron chi connectivity index (χ3n) is 4.37. The van der Waals surface area contributed by atoms with E-state index in [1.54, 1.807) is 7.05 Å². The highest BCUT2D eigenvalue weighted by molar-refractivity contribution is 5.81. The molecule has 0 radical (unpaired) electrons. The van der Waals surface area contributed by atoms with Crippen LogP contribution in [-0.4, -0.2) is 25.0 Å². The Balaban J connectivity index is 2.54. The molecule has 1 amide bonds. The highest BCUT2D eigenvalue weighted by Crippen LogP contribution is 2.16. The Hall–Kier alpha value is -0.830. The minimum Gasteiger partial charge on any atom is -0.358 e. The maximum absolute atomic E-state index is 12.0. The number of carbonyl (C=O) groups excluding carboxylic acids is 1. The molecule has 21 heavy (non-hydrogen) atoms. The van der Waals surface area contributed by atoms with Crippen molar-refractivity contribution in [3.8, 4) is 0 Å². The van der Waals surface area contributed by atoms with Crippen molar-refractivity contribution >= 4 is 5.91 Å². The van der Waals surface area contributed by atoms with Gasteiger partial charge in [-0.25, -0.2) is 0 Å². The first-order valence-electron chi connectivity index (χ1n) is 8.77. The van der Waals surface area contributed by atoms with E-state index in [1.165, 1.54) is 57.8 Å². The van der Waals surface area contributed by atoms with Crippen molar-refractivity contribution in [2.45, 2.75) is 83.7 Å². The third kappa shape index (κ3) is 7.66. The first-order valence-corrected chi connectivity index (χ1v) is 8.77. The van der Waals surface area contributed by atoms with Crippen LogP contribution in [0.2, 0.25) is 0 Å². The SMILES string of the molecule is CNC(=O)[C@@H](NC1CCCC/C=C\CCCCC1)C(C)C. The van der Waals surface area contributed by atoms with Gasteiger partial charge in [0.15, 0.2) is 0 Å². The first-order chi connectivity index (χ1) is 10.1. The van der Waals surface area contributed by atoms with Gasteiger partial charge in [-0.05, 0) is 44.4 Å². The maximum Gasteiger partial charge on any atom is 0.237 e. The molecule has 0 aromatic heterocycles. The molecule has 0 spiro atoms. The molecule has 0 aromatic carbocycles. The van der Waals surface area contributed by atoms with Crippen molar-refractivity contribution in [3.63, 3.8) is 0 Å². The minimum atomic E-state index is -0.0622. The second-order valence-corrected chi connectivity index (χ2v) is 6.59. The van der Waals surface area contributed by atoms with Gasteiger partial charge < -0.3 is 10.6 Å². The van der Waals surface area contributed by atoms with E-state index >= 15 is 0 Å². The highest BCUT2D eigenvalue weighted by Gasteiger charge is 2.23. The number of amides is 1. The van der Waals surface area contributed by atoms with Crippen LogP contribution in [0.5, 0.6) is 0 Å². The molecule has 0 saturated carbocycles. The predicted octanol–water partition coefficient (Wildman–Crippen LogP) is 3.80. The lowest BCUT2D eigenvalue weighted by molar-refractivity contribution is -0.123. The number of nitrogens with one attached hydrogen (secondary N) is 2. The van der Waals surface area contributed by atoms with Gasteiger partial charge in [-0.1, -0.05) is 45.3 Å². The van der Waals surface area contributed by atoms with E-state index in [-0.39, 0.29) is 11.9 Å². The summed E-state index contributed by atoms with van der Waals surface area (Å²) in [6.45, 7) is 4.24. The number of hydrogen-bond donors (Lipinski definition) is 2. The van der Waals surface area contributed by atoms with Gasteiger partial charge in [0.2, 0.25) is 5.91 Å². The number of rotatable bonds is 4. The molecular weight excluding hydrogens is 260 g/mol. The summed E-state index contributed by atoms with van der Waals surface area (Å²) in [5.74, 6) is 0.452. The van der Waals surface area contributed by atoms with Crippen LogP contribution in [0.1, 0.15) is 71.6 Å². The van der Waals surface area contributed by atoms with Crippen LogP contribution in [0.3, 0.4) is 0 Å². The number of carbonyl (C=O) groups is 1. The van der Waals surface area contributed by atoms with E-state index in [0.29, 0.717) is 12.0 Å². The Kier molecular flexibility index (Phi) is 9.40. The zero-order chi connectivity index (χ0) is 15.5. The normalized spacial score (nSPS) is 24.7. The molecule has 3 nitrogen and oxygen atoms in total. The zero-order valence-electron chi connectivity index (χ0n) is 14.2. The number of allylic oxidation sites excluding steroid dienone is 2. The van der Waals surface area contributed by atoms with E-state index in [2.05, 4.69) is 36.6 Å². The van der Waals surface area contributed by atoms with Crippen LogP contribution in [0.15, 0.2) is 12.2 Å². The predicted molar refractivity (Wildman–Crippen MR) is 90.3 cm³/mol.